The van der Waals surface area contributed by atoms with Gasteiger partial charge < -0.3 is 5.32 Å². The average molecular weight is 338 g/mol. The second-order valence-corrected chi connectivity index (χ2v) is 5.94. The van der Waals surface area contributed by atoms with Gasteiger partial charge in [0.05, 0.1) is 29.0 Å². The van der Waals surface area contributed by atoms with Gasteiger partial charge in [-0.2, -0.15) is 0 Å². The van der Waals surface area contributed by atoms with E-state index in [0.717, 1.165) is 16.7 Å². The molecule has 128 valence electrons. The molecule has 3 rings (SSSR count). The Labute approximate surface area is 145 Å². The molecule has 2 aromatic carbocycles. The van der Waals surface area contributed by atoms with Crippen molar-refractivity contribution >= 4 is 22.6 Å². The molecule has 0 fully saturated rings. The molecular weight excluding hydrogens is 319 g/mol. The number of para-hydroxylation sites is 2. The van der Waals surface area contributed by atoms with Crippen molar-refractivity contribution in [2.24, 2.45) is 0 Å². The lowest BCUT2D eigenvalue weighted by atomic mass is 10.2. The van der Waals surface area contributed by atoms with Crippen LogP contribution in [0.5, 0.6) is 0 Å². The van der Waals surface area contributed by atoms with E-state index in [1.54, 1.807) is 6.20 Å². The van der Waals surface area contributed by atoms with E-state index in [2.05, 4.69) is 15.3 Å². The lowest BCUT2D eigenvalue weighted by Gasteiger charge is -2.23. The molecule has 0 aliphatic heterocycles. The first-order chi connectivity index (χ1) is 12.0. The minimum absolute atomic E-state index is 0.164. The smallest absolute Gasteiger partial charge is 0.241 e. The Morgan fingerprint density at radius 1 is 1.16 bits per heavy atom. The van der Waals surface area contributed by atoms with Crippen LogP contribution in [0.2, 0.25) is 0 Å². The van der Waals surface area contributed by atoms with Gasteiger partial charge in [0, 0.05) is 12.2 Å². The highest BCUT2D eigenvalue weighted by atomic mass is 19.1. The number of fused-ring (bicyclic) bond motifs is 1. The number of hydrogen-bond donors (Lipinski definition) is 1. The molecule has 0 aliphatic carbocycles. The largest absolute Gasteiger partial charge is 0.325 e. The van der Waals surface area contributed by atoms with Crippen molar-refractivity contribution in [2.45, 2.75) is 19.5 Å². The molecule has 0 saturated heterocycles. The van der Waals surface area contributed by atoms with E-state index >= 15 is 0 Å². The van der Waals surface area contributed by atoms with Crippen LogP contribution >= 0.6 is 0 Å². The number of nitrogens with one attached hydrogen (secondary N) is 1. The summed E-state index contributed by atoms with van der Waals surface area (Å²) in [6.45, 7) is 2.31. The average Bonchev–Trinajstić information content (AvgIpc) is 2.62. The van der Waals surface area contributed by atoms with Gasteiger partial charge in [0.2, 0.25) is 5.91 Å². The van der Waals surface area contributed by atoms with Gasteiger partial charge in [-0.3, -0.25) is 14.7 Å². The SMILES string of the molecule is CC(C(=O)Nc1ccc(F)cc1)N(C)Cc1cnc2ccccc2n1. The molecule has 0 saturated carbocycles. The van der Waals surface area contributed by atoms with Crippen LogP contribution in [0.15, 0.2) is 54.7 Å². The van der Waals surface area contributed by atoms with E-state index < -0.39 is 0 Å². The van der Waals surface area contributed by atoms with Gasteiger partial charge in [-0.25, -0.2) is 9.37 Å². The summed E-state index contributed by atoms with van der Waals surface area (Å²) in [5.74, 6) is -0.499. The minimum Gasteiger partial charge on any atom is -0.325 e. The quantitative estimate of drug-likeness (QED) is 0.776. The fourth-order valence-electron chi connectivity index (χ4n) is 2.44. The van der Waals surface area contributed by atoms with Crippen LogP contribution in [-0.2, 0) is 11.3 Å². The number of carbonyl (C=O) groups excluding carboxylic acids is 1. The van der Waals surface area contributed by atoms with Crippen LogP contribution in [0.4, 0.5) is 10.1 Å². The van der Waals surface area contributed by atoms with Crippen LogP contribution in [-0.4, -0.2) is 33.9 Å². The predicted molar refractivity (Wildman–Crippen MR) is 95.5 cm³/mol. The van der Waals surface area contributed by atoms with Gasteiger partial charge in [-0.05, 0) is 50.4 Å². The Morgan fingerprint density at radius 3 is 2.56 bits per heavy atom. The van der Waals surface area contributed by atoms with Crippen LogP contribution in [0.1, 0.15) is 12.6 Å². The molecule has 1 atom stereocenters. The highest BCUT2D eigenvalue weighted by Crippen LogP contribution is 2.12. The number of aromatic nitrogens is 2. The molecule has 0 radical (unpaired) electrons. The Hall–Kier alpha value is -2.86. The molecule has 1 heterocycles. The highest BCUT2D eigenvalue weighted by Gasteiger charge is 2.19. The number of halogens is 1. The summed E-state index contributed by atoms with van der Waals surface area (Å²) in [5, 5.41) is 2.78. The molecule has 6 heteroatoms. The molecule has 1 N–H and O–H groups in total. The standard InChI is InChI=1S/C19H19FN4O/c1-13(19(25)23-15-9-7-14(20)8-10-15)24(2)12-16-11-21-17-5-3-4-6-18(17)22-16/h3-11,13H,12H2,1-2H3,(H,23,25). The Morgan fingerprint density at radius 2 is 1.84 bits per heavy atom. The van der Waals surface area contributed by atoms with Crippen molar-refractivity contribution in [3.63, 3.8) is 0 Å². The number of anilines is 1. The van der Waals surface area contributed by atoms with E-state index in [4.69, 9.17) is 0 Å². The van der Waals surface area contributed by atoms with Crippen LogP contribution in [0.25, 0.3) is 11.0 Å². The summed E-state index contributed by atoms with van der Waals surface area (Å²) in [5.41, 5.74) is 3.03. The van der Waals surface area contributed by atoms with Crippen LogP contribution in [0, 0.1) is 5.82 Å². The van der Waals surface area contributed by atoms with E-state index in [0.29, 0.717) is 12.2 Å². The molecule has 0 bridgehead atoms. The number of hydrogen-bond acceptors (Lipinski definition) is 4. The number of carbonyl (C=O) groups is 1. The van der Waals surface area contributed by atoms with Crippen molar-refractivity contribution in [1.29, 1.82) is 0 Å². The normalized spacial score (nSPS) is 12.3. The molecule has 25 heavy (non-hydrogen) atoms. The molecule has 1 unspecified atom stereocenters. The van der Waals surface area contributed by atoms with E-state index in [-0.39, 0.29) is 17.8 Å². The van der Waals surface area contributed by atoms with Crippen molar-refractivity contribution in [1.82, 2.24) is 14.9 Å². The number of benzene rings is 2. The first kappa shape index (κ1) is 17.0. The molecule has 1 aromatic heterocycles. The number of amides is 1. The van der Waals surface area contributed by atoms with Crippen LogP contribution < -0.4 is 5.32 Å². The number of nitrogens with zero attached hydrogens (tertiary/aromatic N) is 3. The van der Waals surface area contributed by atoms with Gasteiger partial charge in [0.25, 0.3) is 0 Å². The summed E-state index contributed by atoms with van der Waals surface area (Å²) in [7, 11) is 1.85. The molecule has 3 aromatic rings. The van der Waals surface area contributed by atoms with E-state index in [9.17, 15) is 9.18 Å². The van der Waals surface area contributed by atoms with Gasteiger partial charge in [0.15, 0.2) is 0 Å². The van der Waals surface area contributed by atoms with E-state index in [1.165, 1.54) is 24.3 Å². The first-order valence-corrected chi connectivity index (χ1v) is 8.00. The zero-order valence-electron chi connectivity index (χ0n) is 14.1. The fourth-order valence-corrected chi connectivity index (χ4v) is 2.44. The maximum absolute atomic E-state index is 12.9. The molecule has 1 amide bonds. The van der Waals surface area contributed by atoms with Crippen molar-refractivity contribution in [2.75, 3.05) is 12.4 Å². The molecule has 0 aliphatic rings. The van der Waals surface area contributed by atoms with Gasteiger partial charge in [-0.15, -0.1) is 0 Å². The first-order valence-electron chi connectivity index (χ1n) is 8.00. The summed E-state index contributed by atoms with van der Waals surface area (Å²) in [6.07, 6.45) is 1.73. The van der Waals surface area contributed by atoms with Crippen molar-refractivity contribution in [3.05, 3.63) is 66.2 Å². The summed E-state index contributed by atoms with van der Waals surface area (Å²) in [6, 6.07) is 13.0. The van der Waals surface area contributed by atoms with Gasteiger partial charge in [0.1, 0.15) is 5.82 Å². The second kappa shape index (κ2) is 7.36. The third kappa shape index (κ3) is 4.16. The number of rotatable bonds is 5. The fraction of sp³-hybridized carbons (Fsp3) is 0.211. The third-order valence-electron chi connectivity index (χ3n) is 4.06. The zero-order chi connectivity index (χ0) is 17.8. The topological polar surface area (TPSA) is 58.1 Å². The van der Waals surface area contributed by atoms with Crippen LogP contribution in [0.3, 0.4) is 0 Å². The lowest BCUT2D eigenvalue weighted by molar-refractivity contribution is -0.120. The Kier molecular flexibility index (Phi) is 5.00. The summed E-state index contributed by atoms with van der Waals surface area (Å²) in [4.78, 5) is 23.2. The maximum atomic E-state index is 12.9. The van der Waals surface area contributed by atoms with E-state index in [1.807, 2.05) is 43.1 Å². The summed E-state index contributed by atoms with van der Waals surface area (Å²) >= 11 is 0. The third-order valence-corrected chi connectivity index (χ3v) is 4.06. The number of likely N-dealkylation sites (N-methyl/N-ethyl adjacent to an activating group) is 1. The molecular formula is C19H19FN4O. The van der Waals surface area contributed by atoms with Gasteiger partial charge in [-0.1, -0.05) is 12.1 Å². The zero-order valence-corrected chi connectivity index (χ0v) is 14.1. The molecule has 5 nitrogen and oxygen atoms in total. The predicted octanol–water partition coefficient (Wildman–Crippen LogP) is 3.23. The minimum atomic E-state index is -0.377. The van der Waals surface area contributed by atoms with Crippen molar-refractivity contribution in [3.8, 4) is 0 Å². The van der Waals surface area contributed by atoms with Gasteiger partial charge >= 0.3 is 0 Å². The highest BCUT2D eigenvalue weighted by molar-refractivity contribution is 5.94. The Balaban J connectivity index is 1.65. The van der Waals surface area contributed by atoms with Crippen molar-refractivity contribution < 1.29 is 9.18 Å². The monoisotopic (exact) mass is 338 g/mol. The molecule has 0 spiro atoms. The second-order valence-electron chi connectivity index (χ2n) is 5.94. The maximum Gasteiger partial charge on any atom is 0.241 e. The Bertz CT molecular complexity index is 882. The lowest BCUT2D eigenvalue weighted by Crippen LogP contribution is -2.39. The summed E-state index contributed by atoms with van der Waals surface area (Å²) < 4.78 is 12.9.